The fourth-order valence-corrected chi connectivity index (χ4v) is 5.32. The van der Waals surface area contributed by atoms with E-state index < -0.39 is 0 Å². The van der Waals surface area contributed by atoms with E-state index >= 15 is 0 Å². The molecule has 0 unspecified atom stereocenters. The van der Waals surface area contributed by atoms with Gasteiger partial charge in [-0.15, -0.1) is 0 Å². The van der Waals surface area contributed by atoms with Gasteiger partial charge >= 0.3 is 149 Å². The first kappa shape index (κ1) is 15.2. The fourth-order valence-electron chi connectivity index (χ4n) is 3.00. The average Bonchev–Trinajstić information content (AvgIpc) is 3.09. The van der Waals surface area contributed by atoms with Crippen molar-refractivity contribution in [3.63, 3.8) is 0 Å². The molecule has 4 rings (SSSR count). The van der Waals surface area contributed by atoms with Crippen molar-refractivity contribution in [3.8, 4) is 32.3 Å². The van der Waals surface area contributed by atoms with Gasteiger partial charge < -0.3 is 0 Å². The Kier molecular flexibility index (Phi) is 4.21. The van der Waals surface area contributed by atoms with E-state index in [1.54, 1.807) is 0 Å². The minimum atomic E-state index is 0.354. The summed E-state index contributed by atoms with van der Waals surface area (Å²) >= 11 is 0.354. The maximum absolute atomic E-state index is 2.43. The summed E-state index contributed by atoms with van der Waals surface area (Å²) in [5.41, 5.74) is 8.03. The second-order valence-electron chi connectivity index (χ2n) is 5.95. The molecule has 0 saturated carbocycles. The van der Waals surface area contributed by atoms with Crippen molar-refractivity contribution in [3.05, 3.63) is 95.4 Å². The van der Waals surface area contributed by atoms with Crippen LogP contribution in [-0.4, -0.2) is 14.5 Å². The number of hydrogen-bond donors (Lipinski definition) is 0. The van der Waals surface area contributed by atoms with Crippen LogP contribution in [-0.2, 0) is 0 Å². The third-order valence-corrected chi connectivity index (χ3v) is 6.41. The van der Waals surface area contributed by atoms with Crippen LogP contribution in [0.3, 0.4) is 0 Å². The molecule has 0 N–H and O–H groups in total. The topological polar surface area (TPSA) is 0 Å². The molecule has 0 bridgehead atoms. The standard InChI is InChI=1S/C23H18Se/c1-17-12-14-18(15-13-17)21-16-24-23(20-10-6-3-7-11-20)22(21)19-8-4-2-5-9-19/h2-16H,1H3. The first-order chi connectivity index (χ1) is 11.8. The average molecular weight is 373 g/mol. The van der Waals surface area contributed by atoms with E-state index in [0.717, 1.165) is 0 Å². The zero-order valence-corrected chi connectivity index (χ0v) is 15.3. The van der Waals surface area contributed by atoms with E-state index in [1.165, 1.54) is 37.8 Å². The van der Waals surface area contributed by atoms with Crippen LogP contribution in [0.4, 0.5) is 0 Å². The maximum atomic E-state index is 2.43. The van der Waals surface area contributed by atoms with Crippen molar-refractivity contribution in [1.29, 1.82) is 0 Å². The molecule has 1 heterocycles. The van der Waals surface area contributed by atoms with E-state index in [9.17, 15) is 0 Å². The number of rotatable bonds is 3. The van der Waals surface area contributed by atoms with Gasteiger partial charge in [-0.2, -0.15) is 0 Å². The van der Waals surface area contributed by atoms with Crippen LogP contribution in [0.2, 0.25) is 0 Å². The number of aryl methyl sites for hydroxylation is 1. The molecule has 0 fully saturated rings. The van der Waals surface area contributed by atoms with Crippen LogP contribution >= 0.6 is 0 Å². The van der Waals surface area contributed by atoms with Crippen molar-refractivity contribution in [2.45, 2.75) is 6.92 Å². The second-order valence-corrected chi connectivity index (χ2v) is 7.80. The second kappa shape index (κ2) is 6.65. The normalized spacial score (nSPS) is 10.7. The Balaban J connectivity index is 1.95. The molecule has 24 heavy (non-hydrogen) atoms. The fraction of sp³-hybridized carbons (Fsp3) is 0.0435. The molecule has 0 nitrogen and oxygen atoms in total. The van der Waals surface area contributed by atoms with Crippen molar-refractivity contribution >= 4 is 14.5 Å². The van der Waals surface area contributed by atoms with Crippen LogP contribution in [0.5, 0.6) is 0 Å². The van der Waals surface area contributed by atoms with Gasteiger partial charge in [0.05, 0.1) is 0 Å². The van der Waals surface area contributed by atoms with E-state index in [-0.39, 0.29) is 0 Å². The molecule has 116 valence electrons. The molecule has 0 radical (unpaired) electrons. The Morgan fingerprint density at radius 3 is 1.79 bits per heavy atom. The SMILES string of the molecule is Cc1ccc(-c2c[se]c(-c3ccccc3)c2-c2ccccc2)cc1. The molecular weight excluding hydrogens is 355 g/mol. The Labute approximate surface area is 149 Å². The number of hydrogen-bond acceptors (Lipinski definition) is 0. The zero-order chi connectivity index (χ0) is 16.4. The summed E-state index contributed by atoms with van der Waals surface area (Å²) < 4.78 is 1.48. The van der Waals surface area contributed by atoms with Crippen LogP contribution in [0.25, 0.3) is 32.3 Å². The summed E-state index contributed by atoms with van der Waals surface area (Å²) in [6.07, 6.45) is 0. The Hall–Kier alpha value is -2.34. The third kappa shape index (κ3) is 2.89. The molecule has 1 heteroatoms. The first-order valence-corrected chi connectivity index (χ1v) is 9.97. The molecule has 1 aromatic heterocycles. The Morgan fingerprint density at radius 1 is 0.583 bits per heavy atom. The number of benzene rings is 3. The summed E-state index contributed by atoms with van der Waals surface area (Å²) in [5, 5.41) is 0. The molecular formula is C23H18Se. The predicted molar refractivity (Wildman–Crippen MR) is 104 cm³/mol. The van der Waals surface area contributed by atoms with Gasteiger partial charge in [0.2, 0.25) is 0 Å². The van der Waals surface area contributed by atoms with Crippen molar-refractivity contribution < 1.29 is 0 Å². The summed E-state index contributed by atoms with van der Waals surface area (Å²) in [5.74, 6) is 0. The van der Waals surface area contributed by atoms with Crippen LogP contribution in [0.1, 0.15) is 5.56 Å². The summed E-state index contributed by atoms with van der Waals surface area (Å²) in [7, 11) is 0. The van der Waals surface area contributed by atoms with Gasteiger partial charge in [0, 0.05) is 0 Å². The first-order valence-electron chi connectivity index (χ1n) is 8.12. The molecule has 3 aromatic carbocycles. The van der Waals surface area contributed by atoms with Gasteiger partial charge in [-0.3, -0.25) is 0 Å². The Bertz CT molecular complexity index is 933. The molecule has 0 spiro atoms. The van der Waals surface area contributed by atoms with Gasteiger partial charge in [0.25, 0.3) is 0 Å². The van der Waals surface area contributed by atoms with Gasteiger partial charge in [0.1, 0.15) is 0 Å². The van der Waals surface area contributed by atoms with E-state index in [1.807, 2.05) is 0 Å². The minimum absolute atomic E-state index is 0.354. The summed E-state index contributed by atoms with van der Waals surface area (Å²) in [6.45, 7) is 2.14. The molecule has 0 atom stereocenters. The monoisotopic (exact) mass is 374 g/mol. The van der Waals surface area contributed by atoms with Crippen LogP contribution in [0.15, 0.2) is 89.9 Å². The summed E-state index contributed by atoms with van der Waals surface area (Å²) in [6, 6.07) is 30.5. The summed E-state index contributed by atoms with van der Waals surface area (Å²) in [4.78, 5) is 2.43. The third-order valence-electron chi connectivity index (χ3n) is 4.25. The Morgan fingerprint density at radius 2 is 1.17 bits per heavy atom. The van der Waals surface area contributed by atoms with Crippen molar-refractivity contribution in [2.24, 2.45) is 0 Å². The van der Waals surface area contributed by atoms with E-state index in [0.29, 0.717) is 14.5 Å². The quantitative estimate of drug-likeness (QED) is 0.383. The molecule has 0 aliphatic carbocycles. The van der Waals surface area contributed by atoms with Crippen LogP contribution < -0.4 is 0 Å². The molecule has 0 amide bonds. The van der Waals surface area contributed by atoms with Gasteiger partial charge in [-0.25, -0.2) is 0 Å². The van der Waals surface area contributed by atoms with Crippen LogP contribution in [0, 0.1) is 6.92 Å². The predicted octanol–water partition coefficient (Wildman–Crippen LogP) is 6.05. The van der Waals surface area contributed by atoms with Crippen molar-refractivity contribution in [2.75, 3.05) is 0 Å². The molecule has 4 aromatic rings. The van der Waals surface area contributed by atoms with Crippen molar-refractivity contribution in [1.82, 2.24) is 0 Å². The zero-order valence-electron chi connectivity index (χ0n) is 13.6. The van der Waals surface area contributed by atoms with E-state index in [2.05, 4.69) is 96.8 Å². The molecule has 0 saturated heterocycles. The molecule has 0 aliphatic heterocycles. The van der Waals surface area contributed by atoms with Gasteiger partial charge in [-0.1, -0.05) is 0 Å². The van der Waals surface area contributed by atoms with E-state index in [4.69, 9.17) is 0 Å². The van der Waals surface area contributed by atoms with Gasteiger partial charge in [-0.05, 0) is 0 Å². The molecule has 0 aliphatic rings. The van der Waals surface area contributed by atoms with Gasteiger partial charge in [0.15, 0.2) is 0 Å².